The maximum Gasteiger partial charge on any atom is 0.337 e. The van der Waals surface area contributed by atoms with Crippen molar-refractivity contribution >= 4 is 56.6 Å². The Bertz CT molecular complexity index is 1110. The number of nitro groups is 1. The van der Waals surface area contributed by atoms with Crippen LogP contribution in [0.4, 0.5) is 11.4 Å². The van der Waals surface area contributed by atoms with E-state index < -0.39 is 22.4 Å². The van der Waals surface area contributed by atoms with Gasteiger partial charge in [0.05, 0.1) is 21.6 Å². The van der Waals surface area contributed by atoms with Gasteiger partial charge in [-0.25, -0.2) is 9.78 Å². The summed E-state index contributed by atoms with van der Waals surface area (Å²) in [5, 5.41) is 23.8. The Morgan fingerprint density at radius 1 is 1.33 bits per heavy atom. The highest BCUT2D eigenvalue weighted by Crippen LogP contribution is 2.23. The van der Waals surface area contributed by atoms with Crippen molar-refractivity contribution in [2.45, 2.75) is 5.16 Å². The molecule has 0 spiro atoms. The van der Waals surface area contributed by atoms with Crippen LogP contribution in [0.15, 0.2) is 39.6 Å². The lowest BCUT2D eigenvalue weighted by Crippen LogP contribution is -2.15. The van der Waals surface area contributed by atoms with Gasteiger partial charge in [0.2, 0.25) is 5.91 Å². The molecule has 2 heterocycles. The number of carboxylic acids is 1. The number of hydrogen-bond donors (Lipinski definition) is 3. The van der Waals surface area contributed by atoms with Crippen LogP contribution < -0.4 is 10.9 Å². The number of non-ortho nitro benzene ring substituents is 1. The van der Waals surface area contributed by atoms with Gasteiger partial charge in [0.25, 0.3) is 11.2 Å². The first-order chi connectivity index (χ1) is 12.8. The first kappa shape index (κ1) is 18.5. The summed E-state index contributed by atoms with van der Waals surface area (Å²) in [7, 11) is 0. The van der Waals surface area contributed by atoms with E-state index in [1.54, 1.807) is 0 Å². The smallest absolute Gasteiger partial charge is 0.337 e. The molecule has 2 aromatic heterocycles. The second kappa shape index (κ2) is 7.55. The average Bonchev–Trinajstić information content (AvgIpc) is 3.05. The number of rotatable bonds is 6. The fraction of sp³-hybridized carbons (Fsp3) is 0.0667. The monoisotopic (exact) mass is 406 g/mol. The Morgan fingerprint density at radius 3 is 2.67 bits per heavy atom. The van der Waals surface area contributed by atoms with Gasteiger partial charge < -0.3 is 15.4 Å². The van der Waals surface area contributed by atoms with Gasteiger partial charge in [-0.3, -0.25) is 19.7 Å². The number of amides is 1. The topological polar surface area (TPSA) is 155 Å². The molecule has 0 saturated carbocycles. The number of aromatic carboxylic acids is 1. The number of carbonyl (C=O) groups is 2. The number of nitro benzene ring substituents is 1. The van der Waals surface area contributed by atoms with Crippen LogP contribution in [0.2, 0.25) is 0 Å². The Hall–Kier alpha value is -3.25. The fourth-order valence-corrected chi connectivity index (χ4v) is 3.78. The van der Waals surface area contributed by atoms with Gasteiger partial charge in [-0.2, -0.15) is 0 Å². The summed E-state index contributed by atoms with van der Waals surface area (Å²) in [5.74, 6) is -1.67. The van der Waals surface area contributed by atoms with E-state index in [9.17, 15) is 24.5 Å². The number of carbonyl (C=O) groups excluding carboxylic acids is 1. The maximum atomic E-state index is 12.1. The summed E-state index contributed by atoms with van der Waals surface area (Å²) >= 11 is 2.01. The third-order valence-corrected chi connectivity index (χ3v) is 5.10. The van der Waals surface area contributed by atoms with E-state index in [1.165, 1.54) is 29.6 Å². The van der Waals surface area contributed by atoms with Crippen molar-refractivity contribution in [2.24, 2.45) is 0 Å². The molecule has 3 aromatic rings. The van der Waals surface area contributed by atoms with Crippen molar-refractivity contribution in [3.63, 3.8) is 0 Å². The number of nitrogens with one attached hydrogen (secondary N) is 2. The zero-order chi connectivity index (χ0) is 19.6. The highest BCUT2D eigenvalue weighted by atomic mass is 32.2. The van der Waals surface area contributed by atoms with Gasteiger partial charge in [0, 0.05) is 23.2 Å². The van der Waals surface area contributed by atoms with Crippen LogP contribution in [-0.2, 0) is 4.79 Å². The SMILES string of the molecule is O=C(CSc1nc2scc(C(=O)O)c2c(=O)[nH]1)Nc1ccc([N+](=O)[O-])cc1. The van der Waals surface area contributed by atoms with Crippen molar-refractivity contribution < 1.29 is 19.6 Å². The van der Waals surface area contributed by atoms with Crippen molar-refractivity contribution in [3.05, 3.63) is 55.7 Å². The summed E-state index contributed by atoms with van der Waals surface area (Å²) in [6.45, 7) is 0. The van der Waals surface area contributed by atoms with Gasteiger partial charge in [0.15, 0.2) is 5.16 Å². The van der Waals surface area contributed by atoms with Crippen LogP contribution in [-0.4, -0.2) is 37.6 Å². The lowest BCUT2D eigenvalue weighted by molar-refractivity contribution is -0.384. The van der Waals surface area contributed by atoms with Gasteiger partial charge in [-0.1, -0.05) is 11.8 Å². The standard InChI is InChI=1S/C15H10N4O6S2/c20-10(16-7-1-3-8(4-2-7)19(24)25)6-27-15-17-12(21)11-9(14(22)23)5-26-13(11)18-15/h1-5H,6H2,(H,16,20)(H,22,23)(H,17,18,21). The van der Waals surface area contributed by atoms with Gasteiger partial charge in [-0.05, 0) is 12.1 Å². The molecular weight excluding hydrogens is 396 g/mol. The summed E-state index contributed by atoms with van der Waals surface area (Å²) in [6.07, 6.45) is 0. The number of thioether (sulfide) groups is 1. The number of aromatic amines is 1. The number of nitrogens with zero attached hydrogens (tertiary/aromatic N) is 2. The lowest BCUT2D eigenvalue weighted by atomic mass is 10.2. The minimum atomic E-state index is -1.21. The largest absolute Gasteiger partial charge is 0.478 e. The molecule has 0 bridgehead atoms. The predicted octanol–water partition coefficient (Wildman–Crippen LogP) is 2.32. The van der Waals surface area contributed by atoms with Gasteiger partial charge in [-0.15, -0.1) is 11.3 Å². The van der Waals surface area contributed by atoms with Crippen molar-refractivity contribution in [2.75, 3.05) is 11.1 Å². The summed E-state index contributed by atoms with van der Waals surface area (Å²) in [4.78, 5) is 52.1. The minimum absolute atomic E-state index is 0.00665. The van der Waals surface area contributed by atoms with E-state index in [1.807, 2.05) is 0 Å². The zero-order valence-electron chi connectivity index (χ0n) is 13.3. The van der Waals surface area contributed by atoms with E-state index >= 15 is 0 Å². The Balaban J connectivity index is 1.67. The highest BCUT2D eigenvalue weighted by Gasteiger charge is 2.17. The summed E-state index contributed by atoms with van der Waals surface area (Å²) in [6, 6.07) is 5.36. The Labute approximate surface area is 158 Å². The highest BCUT2D eigenvalue weighted by molar-refractivity contribution is 7.99. The molecule has 0 saturated heterocycles. The molecule has 1 amide bonds. The minimum Gasteiger partial charge on any atom is -0.478 e. The Morgan fingerprint density at radius 2 is 2.04 bits per heavy atom. The predicted molar refractivity (Wildman–Crippen MR) is 99.7 cm³/mol. The fourth-order valence-electron chi connectivity index (χ4n) is 2.15. The third-order valence-electron chi connectivity index (χ3n) is 3.35. The van der Waals surface area contributed by atoms with E-state index in [4.69, 9.17) is 5.11 Å². The van der Waals surface area contributed by atoms with Crippen LogP contribution in [0.3, 0.4) is 0 Å². The molecule has 0 radical (unpaired) electrons. The van der Waals surface area contributed by atoms with Gasteiger partial charge in [0.1, 0.15) is 4.83 Å². The molecule has 0 unspecified atom stereocenters. The molecule has 12 heteroatoms. The molecule has 0 atom stereocenters. The number of hydrogen-bond acceptors (Lipinski definition) is 8. The second-order valence-corrected chi connectivity index (χ2v) is 6.97. The first-order valence-corrected chi connectivity index (χ1v) is 9.13. The van der Waals surface area contributed by atoms with Crippen LogP contribution >= 0.6 is 23.1 Å². The van der Waals surface area contributed by atoms with E-state index in [-0.39, 0.29) is 32.4 Å². The average molecular weight is 406 g/mol. The number of H-pyrrole nitrogens is 1. The van der Waals surface area contributed by atoms with Crippen LogP contribution in [0, 0.1) is 10.1 Å². The summed E-state index contributed by atoms with van der Waals surface area (Å²) < 4.78 is 0. The normalized spacial score (nSPS) is 10.7. The summed E-state index contributed by atoms with van der Waals surface area (Å²) in [5.41, 5.74) is -0.394. The number of fused-ring (bicyclic) bond motifs is 1. The number of aromatic nitrogens is 2. The van der Waals surface area contributed by atoms with Crippen LogP contribution in [0.5, 0.6) is 0 Å². The molecule has 0 aliphatic carbocycles. The zero-order valence-corrected chi connectivity index (χ0v) is 14.9. The molecule has 3 N–H and O–H groups in total. The second-order valence-electron chi connectivity index (χ2n) is 5.15. The molecular formula is C15H10N4O6S2. The van der Waals surface area contributed by atoms with Crippen LogP contribution in [0.1, 0.15) is 10.4 Å². The van der Waals surface area contributed by atoms with Gasteiger partial charge >= 0.3 is 5.97 Å². The molecule has 3 rings (SSSR count). The quantitative estimate of drug-likeness (QED) is 0.244. The number of thiophene rings is 1. The van der Waals surface area contributed by atoms with E-state index in [0.717, 1.165) is 23.1 Å². The molecule has 27 heavy (non-hydrogen) atoms. The molecule has 0 aliphatic rings. The number of carboxylic acid groups (broad SMARTS) is 1. The lowest BCUT2D eigenvalue weighted by Gasteiger charge is -2.04. The van der Waals surface area contributed by atoms with Crippen LogP contribution in [0.25, 0.3) is 10.2 Å². The first-order valence-electron chi connectivity index (χ1n) is 7.27. The molecule has 0 fully saturated rings. The van der Waals surface area contributed by atoms with E-state index in [2.05, 4.69) is 15.3 Å². The number of anilines is 1. The molecule has 0 aliphatic heterocycles. The van der Waals surface area contributed by atoms with Crippen molar-refractivity contribution in [1.82, 2.24) is 9.97 Å². The molecule has 10 nitrogen and oxygen atoms in total. The molecule has 1 aromatic carbocycles. The molecule has 138 valence electrons. The third kappa shape index (κ3) is 4.12. The van der Waals surface area contributed by atoms with E-state index in [0.29, 0.717) is 5.69 Å². The van der Waals surface area contributed by atoms with Crippen molar-refractivity contribution in [3.8, 4) is 0 Å². The Kier molecular flexibility index (Phi) is 5.19. The van der Waals surface area contributed by atoms with Crippen molar-refractivity contribution in [1.29, 1.82) is 0 Å². The number of benzene rings is 1. The maximum absolute atomic E-state index is 12.1.